The van der Waals surface area contributed by atoms with Gasteiger partial charge >= 0.3 is 0 Å². The van der Waals surface area contributed by atoms with Crippen LogP contribution in [0.15, 0.2) is 0 Å². The van der Waals surface area contributed by atoms with E-state index in [0.29, 0.717) is 12.1 Å². The Hall–Kier alpha value is -0.120. The molecule has 0 radical (unpaired) electrons. The zero-order valence-electron chi connectivity index (χ0n) is 8.20. The van der Waals surface area contributed by atoms with Crippen LogP contribution < -0.4 is 5.73 Å². The van der Waals surface area contributed by atoms with Gasteiger partial charge in [-0.1, -0.05) is 0 Å². The van der Waals surface area contributed by atoms with Gasteiger partial charge in [-0.2, -0.15) is 0 Å². The SMILES string of the molecule is CC1(O)CCCC1OC1CC(N)C1. The van der Waals surface area contributed by atoms with Gasteiger partial charge < -0.3 is 15.6 Å². The molecule has 2 unspecified atom stereocenters. The van der Waals surface area contributed by atoms with Gasteiger partial charge in [0.05, 0.1) is 17.8 Å². The highest BCUT2D eigenvalue weighted by Crippen LogP contribution is 2.35. The fraction of sp³-hybridized carbons (Fsp3) is 1.00. The number of hydrogen-bond donors (Lipinski definition) is 2. The van der Waals surface area contributed by atoms with Gasteiger partial charge in [0.25, 0.3) is 0 Å². The molecule has 0 heterocycles. The molecule has 2 rings (SSSR count). The van der Waals surface area contributed by atoms with Crippen LogP contribution in [-0.4, -0.2) is 29.0 Å². The highest BCUT2D eigenvalue weighted by Gasteiger charge is 2.40. The molecule has 0 aromatic rings. The molecule has 0 aliphatic heterocycles. The van der Waals surface area contributed by atoms with E-state index in [1.54, 1.807) is 0 Å². The first-order valence-electron chi connectivity index (χ1n) is 5.21. The molecule has 2 aliphatic rings. The number of aliphatic hydroxyl groups is 1. The van der Waals surface area contributed by atoms with Gasteiger partial charge in [0.2, 0.25) is 0 Å². The van der Waals surface area contributed by atoms with Crippen LogP contribution in [0, 0.1) is 0 Å². The minimum absolute atomic E-state index is 0.0463. The van der Waals surface area contributed by atoms with Crippen LogP contribution >= 0.6 is 0 Å². The molecule has 0 amide bonds. The second-order valence-corrected chi connectivity index (χ2v) is 4.73. The third-order valence-electron chi connectivity index (χ3n) is 3.33. The fourth-order valence-corrected chi connectivity index (χ4v) is 2.28. The number of ether oxygens (including phenoxy) is 1. The average Bonchev–Trinajstić information content (AvgIpc) is 2.28. The van der Waals surface area contributed by atoms with Gasteiger partial charge in [-0.05, 0) is 39.0 Å². The molecule has 2 saturated carbocycles. The predicted molar refractivity (Wildman–Crippen MR) is 50.3 cm³/mol. The summed E-state index contributed by atoms with van der Waals surface area (Å²) < 4.78 is 5.80. The number of nitrogens with two attached hydrogens (primary N) is 1. The van der Waals surface area contributed by atoms with E-state index < -0.39 is 5.60 Å². The van der Waals surface area contributed by atoms with E-state index in [4.69, 9.17) is 10.5 Å². The minimum atomic E-state index is -0.598. The molecule has 3 heteroatoms. The predicted octanol–water partition coefficient (Wildman–Crippen LogP) is 0.796. The monoisotopic (exact) mass is 185 g/mol. The van der Waals surface area contributed by atoms with Crippen LogP contribution in [0.4, 0.5) is 0 Å². The first-order chi connectivity index (χ1) is 6.08. The highest BCUT2D eigenvalue weighted by atomic mass is 16.5. The first kappa shape index (κ1) is 9.44. The van der Waals surface area contributed by atoms with Crippen molar-refractivity contribution < 1.29 is 9.84 Å². The highest BCUT2D eigenvalue weighted by molar-refractivity contribution is 4.92. The molecule has 2 fully saturated rings. The van der Waals surface area contributed by atoms with Gasteiger partial charge in [-0.15, -0.1) is 0 Å². The lowest BCUT2D eigenvalue weighted by Gasteiger charge is -2.37. The second-order valence-electron chi connectivity index (χ2n) is 4.73. The standard InChI is InChI=1S/C10H19NO2/c1-10(12)4-2-3-9(10)13-8-5-7(11)6-8/h7-9,12H,2-6,11H2,1H3. The van der Waals surface area contributed by atoms with E-state index in [0.717, 1.165) is 32.1 Å². The van der Waals surface area contributed by atoms with E-state index in [-0.39, 0.29) is 6.10 Å². The molecule has 0 saturated heterocycles. The molecule has 2 aliphatic carbocycles. The third-order valence-corrected chi connectivity index (χ3v) is 3.33. The van der Waals surface area contributed by atoms with Crippen molar-refractivity contribution in [3.63, 3.8) is 0 Å². The maximum absolute atomic E-state index is 9.93. The molecule has 3 nitrogen and oxygen atoms in total. The number of hydrogen-bond acceptors (Lipinski definition) is 3. The molecule has 13 heavy (non-hydrogen) atoms. The molecule has 76 valence electrons. The summed E-state index contributed by atoms with van der Waals surface area (Å²) in [6.45, 7) is 1.88. The zero-order valence-corrected chi connectivity index (χ0v) is 8.20. The van der Waals surface area contributed by atoms with Crippen molar-refractivity contribution in [1.82, 2.24) is 0 Å². The van der Waals surface area contributed by atoms with Crippen molar-refractivity contribution in [3.05, 3.63) is 0 Å². The molecular formula is C10H19NO2. The summed E-state index contributed by atoms with van der Waals surface area (Å²) >= 11 is 0. The minimum Gasteiger partial charge on any atom is -0.387 e. The summed E-state index contributed by atoms with van der Waals surface area (Å²) in [5, 5.41) is 9.93. The Labute approximate surface area is 79.3 Å². The van der Waals surface area contributed by atoms with Gasteiger partial charge in [0.1, 0.15) is 0 Å². The van der Waals surface area contributed by atoms with Crippen LogP contribution in [0.2, 0.25) is 0 Å². The smallest absolute Gasteiger partial charge is 0.0880 e. The topological polar surface area (TPSA) is 55.5 Å². The Balaban J connectivity index is 1.81. The molecule has 0 aromatic carbocycles. The molecule has 0 aromatic heterocycles. The normalized spacial score (nSPS) is 50.5. The van der Waals surface area contributed by atoms with Crippen LogP contribution in [-0.2, 0) is 4.74 Å². The Morgan fingerprint density at radius 3 is 2.62 bits per heavy atom. The van der Waals surface area contributed by atoms with Crippen molar-refractivity contribution in [2.24, 2.45) is 5.73 Å². The summed E-state index contributed by atoms with van der Waals surface area (Å²) in [6, 6.07) is 0.330. The molecule has 0 spiro atoms. The summed E-state index contributed by atoms with van der Waals surface area (Å²) in [5.74, 6) is 0. The van der Waals surface area contributed by atoms with E-state index >= 15 is 0 Å². The van der Waals surface area contributed by atoms with Gasteiger partial charge in [0, 0.05) is 6.04 Å². The largest absolute Gasteiger partial charge is 0.387 e. The van der Waals surface area contributed by atoms with Gasteiger partial charge in [0.15, 0.2) is 0 Å². The van der Waals surface area contributed by atoms with Crippen LogP contribution in [0.1, 0.15) is 39.0 Å². The van der Waals surface area contributed by atoms with Gasteiger partial charge in [-0.25, -0.2) is 0 Å². The van der Waals surface area contributed by atoms with Crippen LogP contribution in [0.25, 0.3) is 0 Å². The molecule has 2 atom stereocenters. The molecular weight excluding hydrogens is 166 g/mol. The molecule has 3 N–H and O–H groups in total. The first-order valence-corrected chi connectivity index (χ1v) is 5.21. The lowest BCUT2D eigenvalue weighted by atomic mass is 9.89. The summed E-state index contributed by atoms with van der Waals surface area (Å²) in [5.41, 5.74) is 5.07. The van der Waals surface area contributed by atoms with Gasteiger partial charge in [-0.3, -0.25) is 0 Å². The second kappa shape index (κ2) is 3.23. The fourth-order valence-electron chi connectivity index (χ4n) is 2.28. The van der Waals surface area contributed by atoms with E-state index in [9.17, 15) is 5.11 Å². The summed E-state index contributed by atoms with van der Waals surface area (Å²) in [4.78, 5) is 0. The zero-order chi connectivity index (χ0) is 9.47. The maximum Gasteiger partial charge on any atom is 0.0880 e. The van der Waals surface area contributed by atoms with Crippen molar-refractivity contribution in [2.45, 2.75) is 62.9 Å². The van der Waals surface area contributed by atoms with Crippen molar-refractivity contribution >= 4 is 0 Å². The quantitative estimate of drug-likeness (QED) is 0.669. The van der Waals surface area contributed by atoms with Crippen LogP contribution in [0.5, 0.6) is 0 Å². The lowest BCUT2D eigenvalue weighted by Crippen LogP contribution is -2.47. The van der Waals surface area contributed by atoms with E-state index in [2.05, 4.69) is 0 Å². The Kier molecular flexibility index (Phi) is 2.34. The third kappa shape index (κ3) is 1.87. The van der Waals surface area contributed by atoms with Crippen molar-refractivity contribution in [2.75, 3.05) is 0 Å². The van der Waals surface area contributed by atoms with E-state index in [1.165, 1.54) is 0 Å². The lowest BCUT2D eigenvalue weighted by molar-refractivity contribution is -0.131. The Morgan fingerprint density at radius 2 is 2.15 bits per heavy atom. The van der Waals surface area contributed by atoms with Crippen molar-refractivity contribution in [1.29, 1.82) is 0 Å². The molecule has 0 bridgehead atoms. The number of rotatable bonds is 2. The van der Waals surface area contributed by atoms with E-state index in [1.807, 2.05) is 6.92 Å². The van der Waals surface area contributed by atoms with Crippen molar-refractivity contribution in [3.8, 4) is 0 Å². The summed E-state index contributed by atoms with van der Waals surface area (Å²) in [6.07, 6.45) is 5.24. The summed E-state index contributed by atoms with van der Waals surface area (Å²) in [7, 11) is 0. The Bertz CT molecular complexity index is 187. The van der Waals surface area contributed by atoms with Crippen LogP contribution in [0.3, 0.4) is 0 Å². The Morgan fingerprint density at radius 1 is 1.46 bits per heavy atom. The average molecular weight is 185 g/mol. The maximum atomic E-state index is 9.93.